The smallest absolute Gasteiger partial charge is 0.233 e. The third-order valence-electron chi connectivity index (χ3n) is 5.47. The summed E-state index contributed by atoms with van der Waals surface area (Å²) in [4.78, 5) is 22.1. The van der Waals surface area contributed by atoms with Gasteiger partial charge in [0, 0.05) is 38.1 Å². The average molecular weight is 341 g/mol. The first kappa shape index (κ1) is 15.8. The molecule has 4 nitrogen and oxygen atoms in total. The normalized spacial score (nSPS) is 20.6. The molecule has 1 aromatic heterocycles. The molecular formula is C19H23N3OS. The second kappa shape index (κ2) is 6.65. The summed E-state index contributed by atoms with van der Waals surface area (Å²) < 4.78 is 0. The maximum Gasteiger partial charge on any atom is 0.233 e. The SMILES string of the molecule is O=C(N1CCN(Cc2cscn2)CC1)C1(c2ccccc2)CCC1. The van der Waals surface area contributed by atoms with Gasteiger partial charge in [-0.05, 0) is 18.4 Å². The Balaban J connectivity index is 1.41. The van der Waals surface area contributed by atoms with Crippen LogP contribution in [0, 0.1) is 0 Å². The van der Waals surface area contributed by atoms with E-state index in [2.05, 4.69) is 44.4 Å². The Morgan fingerprint density at radius 1 is 1.12 bits per heavy atom. The minimum Gasteiger partial charge on any atom is -0.339 e. The first-order valence-corrected chi connectivity index (χ1v) is 9.66. The van der Waals surface area contributed by atoms with Gasteiger partial charge in [-0.3, -0.25) is 9.69 Å². The van der Waals surface area contributed by atoms with E-state index in [0.29, 0.717) is 5.91 Å². The number of benzene rings is 1. The lowest BCUT2D eigenvalue weighted by atomic mass is 9.63. The van der Waals surface area contributed by atoms with Crippen LogP contribution in [0.1, 0.15) is 30.5 Å². The third kappa shape index (κ3) is 2.87. The summed E-state index contributed by atoms with van der Waals surface area (Å²) in [6.45, 7) is 4.44. The van der Waals surface area contributed by atoms with E-state index in [1.54, 1.807) is 11.3 Å². The van der Waals surface area contributed by atoms with Gasteiger partial charge in [0.1, 0.15) is 0 Å². The van der Waals surface area contributed by atoms with Crippen molar-refractivity contribution in [3.8, 4) is 0 Å². The highest BCUT2D eigenvalue weighted by atomic mass is 32.1. The van der Waals surface area contributed by atoms with Crippen LogP contribution in [0.15, 0.2) is 41.2 Å². The third-order valence-corrected chi connectivity index (χ3v) is 6.11. The lowest BCUT2D eigenvalue weighted by Crippen LogP contribution is -2.56. The van der Waals surface area contributed by atoms with E-state index in [4.69, 9.17) is 0 Å². The molecule has 0 N–H and O–H groups in total. The van der Waals surface area contributed by atoms with Gasteiger partial charge < -0.3 is 4.90 Å². The summed E-state index contributed by atoms with van der Waals surface area (Å²) in [5.41, 5.74) is 3.97. The van der Waals surface area contributed by atoms with Gasteiger partial charge in [-0.25, -0.2) is 4.98 Å². The van der Waals surface area contributed by atoms with Crippen LogP contribution in [0.5, 0.6) is 0 Å². The lowest BCUT2D eigenvalue weighted by molar-refractivity contribution is -0.142. The van der Waals surface area contributed by atoms with Crippen molar-refractivity contribution < 1.29 is 4.79 Å². The molecule has 24 heavy (non-hydrogen) atoms. The van der Waals surface area contributed by atoms with Crippen LogP contribution in [-0.4, -0.2) is 46.9 Å². The quantitative estimate of drug-likeness (QED) is 0.858. The molecule has 0 bridgehead atoms. The Labute approximate surface area is 147 Å². The summed E-state index contributed by atoms with van der Waals surface area (Å²) in [6.07, 6.45) is 3.15. The van der Waals surface area contributed by atoms with Crippen molar-refractivity contribution in [2.75, 3.05) is 26.2 Å². The zero-order chi connectivity index (χ0) is 16.4. The fraction of sp³-hybridized carbons (Fsp3) is 0.474. The van der Waals surface area contributed by atoms with E-state index in [1.807, 2.05) is 11.6 Å². The number of thiazole rings is 1. The molecule has 2 aromatic rings. The van der Waals surface area contributed by atoms with Gasteiger partial charge in [0.05, 0.1) is 16.6 Å². The van der Waals surface area contributed by atoms with Crippen LogP contribution in [0.3, 0.4) is 0 Å². The van der Waals surface area contributed by atoms with Crippen molar-refractivity contribution in [3.63, 3.8) is 0 Å². The number of nitrogens with zero attached hydrogens (tertiary/aromatic N) is 3. The Morgan fingerprint density at radius 3 is 2.46 bits per heavy atom. The number of carbonyl (C=O) groups excluding carboxylic acids is 1. The largest absolute Gasteiger partial charge is 0.339 e. The molecule has 0 radical (unpaired) electrons. The zero-order valence-electron chi connectivity index (χ0n) is 13.9. The van der Waals surface area contributed by atoms with Gasteiger partial charge >= 0.3 is 0 Å². The Kier molecular flexibility index (Phi) is 4.37. The summed E-state index contributed by atoms with van der Waals surface area (Å²) in [7, 11) is 0. The monoisotopic (exact) mass is 341 g/mol. The van der Waals surface area contributed by atoms with E-state index in [9.17, 15) is 4.79 Å². The molecule has 1 saturated heterocycles. The molecule has 4 rings (SSSR count). The summed E-state index contributed by atoms with van der Waals surface area (Å²) in [5, 5.41) is 2.11. The number of aromatic nitrogens is 1. The molecule has 2 heterocycles. The molecule has 0 spiro atoms. The predicted octanol–water partition coefficient (Wildman–Crippen LogP) is 2.91. The average Bonchev–Trinajstić information content (AvgIpc) is 3.08. The minimum absolute atomic E-state index is 0.252. The van der Waals surface area contributed by atoms with Crippen molar-refractivity contribution in [2.24, 2.45) is 0 Å². The van der Waals surface area contributed by atoms with Crippen LogP contribution < -0.4 is 0 Å². The Hall–Kier alpha value is -1.72. The standard InChI is InChI=1S/C19H23N3OS/c23-18(19(7-4-8-19)16-5-2-1-3-6-16)22-11-9-21(10-12-22)13-17-14-24-15-20-17/h1-3,5-6,14-15H,4,7-13H2. The summed E-state index contributed by atoms with van der Waals surface area (Å²) in [6, 6.07) is 10.4. The molecule has 2 aliphatic rings. The summed E-state index contributed by atoms with van der Waals surface area (Å²) in [5.74, 6) is 0.341. The number of rotatable bonds is 4. The molecule has 1 aliphatic heterocycles. The Morgan fingerprint density at radius 2 is 1.88 bits per heavy atom. The van der Waals surface area contributed by atoms with E-state index in [-0.39, 0.29) is 5.41 Å². The van der Waals surface area contributed by atoms with Gasteiger partial charge in [0.25, 0.3) is 0 Å². The second-order valence-corrected chi connectivity index (χ2v) is 7.57. The number of piperazine rings is 1. The molecule has 5 heteroatoms. The number of amides is 1. The lowest BCUT2D eigenvalue weighted by Gasteiger charge is -2.46. The Bertz CT molecular complexity index is 674. The van der Waals surface area contributed by atoms with Crippen LogP contribution in [-0.2, 0) is 16.8 Å². The molecular weight excluding hydrogens is 318 g/mol. The predicted molar refractivity (Wildman–Crippen MR) is 95.9 cm³/mol. The van der Waals surface area contributed by atoms with Crippen molar-refractivity contribution in [2.45, 2.75) is 31.2 Å². The van der Waals surface area contributed by atoms with Crippen molar-refractivity contribution in [3.05, 3.63) is 52.5 Å². The van der Waals surface area contributed by atoms with Crippen molar-refractivity contribution in [1.29, 1.82) is 0 Å². The zero-order valence-corrected chi connectivity index (χ0v) is 14.7. The number of hydrogen-bond donors (Lipinski definition) is 0. The first-order chi connectivity index (χ1) is 11.8. The van der Waals surface area contributed by atoms with E-state index < -0.39 is 0 Å². The van der Waals surface area contributed by atoms with Gasteiger partial charge in [0.15, 0.2) is 0 Å². The van der Waals surface area contributed by atoms with Gasteiger partial charge in [0.2, 0.25) is 5.91 Å². The number of carbonyl (C=O) groups is 1. The highest BCUT2D eigenvalue weighted by Crippen LogP contribution is 2.45. The highest BCUT2D eigenvalue weighted by molar-refractivity contribution is 7.07. The minimum atomic E-state index is -0.252. The van der Waals surface area contributed by atoms with Gasteiger partial charge in [-0.2, -0.15) is 0 Å². The molecule has 0 atom stereocenters. The number of hydrogen-bond acceptors (Lipinski definition) is 4. The van der Waals surface area contributed by atoms with Crippen LogP contribution in [0.4, 0.5) is 0 Å². The van der Waals surface area contributed by atoms with E-state index in [0.717, 1.165) is 57.7 Å². The molecule has 1 aliphatic carbocycles. The topological polar surface area (TPSA) is 36.4 Å². The highest BCUT2D eigenvalue weighted by Gasteiger charge is 2.47. The van der Waals surface area contributed by atoms with Crippen molar-refractivity contribution in [1.82, 2.24) is 14.8 Å². The molecule has 1 aromatic carbocycles. The molecule has 1 saturated carbocycles. The maximum atomic E-state index is 13.2. The van der Waals surface area contributed by atoms with E-state index >= 15 is 0 Å². The molecule has 2 fully saturated rings. The van der Waals surface area contributed by atoms with Crippen molar-refractivity contribution >= 4 is 17.2 Å². The second-order valence-electron chi connectivity index (χ2n) is 6.85. The fourth-order valence-corrected chi connectivity index (χ4v) is 4.42. The molecule has 1 amide bonds. The first-order valence-electron chi connectivity index (χ1n) is 8.72. The van der Waals surface area contributed by atoms with Gasteiger partial charge in [-0.15, -0.1) is 11.3 Å². The molecule has 0 unspecified atom stereocenters. The van der Waals surface area contributed by atoms with Crippen LogP contribution >= 0.6 is 11.3 Å². The van der Waals surface area contributed by atoms with Gasteiger partial charge in [-0.1, -0.05) is 36.8 Å². The summed E-state index contributed by atoms with van der Waals surface area (Å²) >= 11 is 1.64. The van der Waals surface area contributed by atoms with Crippen LogP contribution in [0.25, 0.3) is 0 Å². The van der Waals surface area contributed by atoms with Crippen LogP contribution in [0.2, 0.25) is 0 Å². The maximum absolute atomic E-state index is 13.2. The molecule has 126 valence electrons. The fourth-order valence-electron chi connectivity index (χ4n) is 3.87. The van der Waals surface area contributed by atoms with E-state index in [1.165, 1.54) is 5.56 Å².